The number of nitrogens with one attached hydrogen (secondary N) is 2. The van der Waals surface area contributed by atoms with Crippen LogP contribution >= 0.6 is 0 Å². The molecule has 0 unspecified atom stereocenters. The van der Waals surface area contributed by atoms with E-state index in [9.17, 15) is 9.59 Å². The minimum Gasteiger partial charge on any atom is -0.352 e. The second-order valence-electron chi connectivity index (χ2n) is 7.08. The number of likely N-dealkylation sites (tertiary alicyclic amines) is 1. The lowest BCUT2D eigenvalue weighted by atomic mass is 10.1. The van der Waals surface area contributed by atoms with E-state index in [1.807, 2.05) is 30.3 Å². The molecule has 27 heavy (non-hydrogen) atoms. The number of rotatable bonds is 7. The van der Waals surface area contributed by atoms with Crippen LogP contribution in [0.15, 0.2) is 48.5 Å². The minimum atomic E-state index is -0.104. The zero-order valence-corrected chi connectivity index (χ0v) is 15.8. The van der Waals surface area contributed by atoms with Crippen LogP contribution in [0.4, 0.5) is 5.69 Å². The summed E-state index contributed by atoms with van der Waals surface area (Å²) < 4.78 is 0. The molecule has 1 saturated heterocycles. The summed E-state index contributed by atoms with van der Waals surface area (Å²) in [7, 11) is 0. The molecule has 3 rings (SSSR count). The maximum absolute atomic E-state index is 12.3. The monoisotopic (exact) mass is 365 g/mol. The molecule has 2 aromatic carbocycles. The summed E-state index contributed by atoms with van der Waals surface area (Å²) in [5, 5.41) is 5.76. The quantitative estimate of drug-likeness (QED) is 0.793. The second kappa shape index (κ2) is 9.33. The van der Waals surface area contributed by atoms with Gasteiger partial charge in [-0.15, -0.1) is 0 Å². The lowest BCUT2D eigenvalue weighted by Gasteiger charge is -2.17. The highest BCUT2D eigenvalue weighted by Gasteiger charge is 2.14. The van der Waals surface area contributed by atoms with Crippen LogP contribution in [0.25, 0.3) is 0 Å². The predicted molar refractivity (Wildman–Crippen MR) is 107 cm³/mol. The first-order chi connectivity index (χ1) is 13.1. The highest BCUT2D eigenvalue weighted by Crippen LogP contribution is 2.16. The van der Waals surface area contributed by atoms with E-state index in [1.165, 1.54) is 30.9 Å². The van der Waals surface area contributed by atoms with Gasteiger partial charge in [0.05, 0.1) is 6.42 Å². The first kappa shape index (κ1) is 19.1. The third-order valence-corrected chi connectivity index (χ3v) is 4.83. The van der Waals surface area contributed by atoms with Crippen LogP contribution in [0.5, 0.6) is 0 Å². The van der Waals surface area contributed by atoms with Gasteiger partial charge < -0.3 is 10.6 Å². The molecule has 1 heterocycles. The van der Waals surface area contributed by atoms with Gasteiger partial charge in [-0.1, -0.05) is 36.4 Å². The van der Waals surface area contributed by atoms with Crippen LogP contribution in [0.2, 0.25) is 0 Å². The Balaban J connectivity index is 1.52. The van der Waals surface area contributed by atoms with Gasteiger partial charge in [0.25, 0.3) is 0 Å². The number of amides is 2. The van der Waals surface area contributed by atoms with Crippen molar-refractivity contribution in [3.8, 4) is 0 Å². The van der Waals surface area contributed by atoms with Gasteiger partial charge in [0, 0.05) is 25.7 Å². The van der Waals surface area contributed by atoms with Crippen molar-refractivity contribution in [3.05, 3.63) is 65.2 Å². The van der Waals surface area contributed by atoms with E-state index < -0.39 is 0 Å². The highest BCUT2D eigenvalue weighted by atomic mass is 16.2. The third-order valence-electron chi connectivity index (χ3n) is 4.83. The Morgan fingerprint density at radius 3 is 2.30 bits per heavy atom. The van der Waals surface area contributed by atoms with Crippen LogP contribution in [0.3, 0.4) is 0 Å². The second-order valence-corrected chi connectivity index (χ2v) is 7.08. The van der Waals surface area contributed by atoms with E-state index in [0.717, 1.165) is 30.9 Å². The number of carbonyl (C=O) groups is 2. The lowest BCUT2D eigenvalue weighted by Crippen LogP contribution is -2.26. The van der Waals surface area contributed by atoms with E-state index in [4.69, 9.17) is 0 Å². The van der Waals surface area contributed by atoms with Crippen LogP contribution < -0.4 is 10.6 Å². The molecule has 0 aliphatic carbocycles. The summed E-state index contributed by atoms with van der Waals surface area (Å²) in [6, 6.07) is 15.7. The third kappa shape index (κ3) is 5.93. The Kier molecular flexibility index (Phi) is 6.60. The van der Waals surface area contributed by atoms with Gasteiger partial charge in [0.15, 0.2) is 0 Å². The van der Waals surface area contributed by atoms with E-state index in [1.54, 1.807) is 0 Å². The van der Waals surface area contributed by atoms with Crippen molar-refractivity contribution in [1.82, 2.24) is 10.2 Å². The van der Waals surface area contributed by atoms with Gasteiger partial charge in [-0.25, -0.2) is 0 Å². The molecular formula is C22H27N3O2. The Labute approximate surface area is 160 Å². The molecule has 5 nitrogen and oxygen atoms in total. The number of hydrogen-bond acceptors (Lipinski definition) is 3. The Bertz CT molecular complexity index is 780. The molecule has 1 aliphatic rings. The van der Waals surface area contributed by atoms with Crippen molar-refractivity contribution in [3.63, 3.8) is 0 Å². The number of benzene rings is 2. The average molecular weight is 365 g/mol. The fourth-order valence-corrected chi connectivity index (χ4v) is 3.42. The van der Waals surface area contributed by atoms with Gasteiger partial charge in [-0.05, 0) is 54.8 Å². The van der Waals surface area contributed by atoms with Crippen molar-refractivity contribution < 1.29 is 9.59 Å². The zero-order valence-electron chi connectivity index (χ0n) is 15.8. The smallest absolute Gasteiger partial charge is 0.224 e. The van der Waals surface area contributed by atoms with E-state index in [2.05, 4.69) is 33.7 Å². The minimum absolute atomic E-state index is 0.00162. The molecule has 2 amide bonds. The number of hydrogen-bond donors (Lipinski definition) is 2. The van der Waals surface area contributed by atoms with Crippen molar-refractivity contribution >= 4 is 17.5 Å². The van der Waals surface area contributed by atoms with Crippen molar-refractivity contribution in [2.75, 3.05) is 18.4 Å². The lowest BCUT2D eigenvalue weighted by molar-refractivity contribution is -0.120. The molecule has 0 atom stereocenters. The maximum atomic E-state index is 12.3. The normalized spacial score (nSPS) is 14.1. The molecule has 1 fully saturated rings. The molecule has 2 N–H and O–H groups in total. The van der Waals surface area contributed by atoms with Gasteiger partial charge in [-0.3, -0.25) is 14.5 Å². The number of carbonyl (C=O) groups excluding carboxylic acids is 2. The summed E-state index contributed by atoms with van der Waals surface area (Å²) in [4.78, 5) is 25.8. The molecule has 142 valence electrons. The number of anilines is 1. The van der Waals surface area contributed by atoms with Crippen molar-refractivity contribution in [2.45, 2.75) is 39.3 Å². The molecule has 5 heteroatoms. The van der Waals surface area contributed by atoms with Crippen LogP contribution in [0, 0.1) is 0 Å². The fourth-order valence-electron chi connectivity index (χ4n) is 3.42. The largest absolute Gasteiger partial charge is 0.352 e. The van der Waals surface area contributed by atoms with Crippen LogP contribution in [-0.2, 0) is 29.1 Å². The average Bonchev–Trinajstić information content (AvgIpc) is 3.15. The van der Waals surface area contributed by atoms with Gasteiger partial charge in [0.1, 0.15) is 0 Å². The van der Waals surface area contributed by atoms with Gasteiger partial charge >= 0.3 is 0 Å². The maximum Gasteiger partial charge on any atom is 0.224 e. The van der Waals surface area contributed by atoms with Crippen LogP contribution in [-0.4, -0.2) is 29.8 Å². The highest BCUT2D eigenvalue weighted by molar-refractivity contribution is 5.88. The summed E-state index contributed by atoms with van der Waals surface area (Å²) in [5.74, 6) is -0.105. The molecule has 0 aromatic heterocycles. The summed E-state index contributed by atoms with van der Waals surface area (Å²) in [6.07, 6.45) is 2.88. The summed E-state index contributed by atoms with van der Waals surface area (Å²) >= 11 is 0. The predicted octanol–water partition coefficient (Wildman–Crippen LogP) is 3.10. The number of nitrogens with zero attached hydrogens (tertiary/aromatic N) is 1. The molecule has 0 bridgehead atoms. The van der Waals surface area contributed by atoms with Crippen molar-refractivity contribution in [1.29, 1.82) is 0 Å². The Morgan fingerprint density at radius 2 is 1.63 bits per heavy atom. The van der Waals surface area contributed by atoms with Crippen LogP contribution in [0.1, 0.15) is 36.5 Å². The zero-order chi connectivity index (χ0) is 19.1. The first-order valence-electron chi connectivity index (χ1n) is 9.52. The molecule has 2 aromatic rings. The molecule has 0 radical (unpaired) electrons. The van der Waals surface area contributed by atoms with Gasteiger partial charge in [-0.2, -0.15) is 0 Å². The Morgan fingerprint density at radius 1 is 0.963 bits per heavy atom. The van der Waals surface area contributed by atoms with Crippen molar-refractivity contribution in [2.24, 2.45) is 0 Å². The summed E-state index contributed by atoms with van der Waals surface area (Å²) in [5.41, 5.74) is 4.13. The molecular weight excluding hydrogens is 338 g/mol. The molecule has 0 saturated carbocycles. The first-order valence-corrected chi connectivity index (χ1v) is 9.52. The van der Waals surface area contributed by atoms with Gasteiger partial charge in [0.2, 0.25) is 11.8 Å². The summed E-state index contributed by atoms with van der Waals surface area (Å²) in [6.45, 7) is 5.30. The topological polar surface area (TPSA) is 61.4 Å². The van der Waals surface area contributed by atoms with E-state index >= 15 is 0 Å². The fraction of sp³-hybridized carbons (Fsp3) is 0.364. The molecule has 0 spiro atoms. The SMILES string of the molecule is CC(=O)Nc1ccc(CC(=O)NCc2ccccc2CN2CCCC2)cc1. The van der Waals surface area contributed by atoms with E-state index in [0.29, 0.717) is 13.0 Å². The van der Waals surface area contributed by atoms with E-state index in [-0.39, 0.29) is 11.8 Å². The molecule has 1 aliphatic heterocycles. The Hall–Kier alpha value is -2.66. The standard InChI is InChI=1S/C22H27N3O2/c1-17(26)24-21-10-8-18(9-11-21)14-22(27)23-15-19-6-2-3-7-20(19)16-25-12-4-5-13-25/h2-3,6-11H,4-5,12-16H2,1H3,(H,23,27)(H,24,26).